The molecule has 20 heavy (non-hydrogen) atoms. The number of carbonyl (C=O) groups excluding carboxylic acids is 1. The molecule has 4 heteroatoms. The van der Waals surface area contributed by atoms with E-state index in [0.717, 1.165) is 18.7 Å². The zero-order valence-corrected chi connectivity index (χ0v) is 11.8. The highest BCUT2D eigenvalue weighted by Gasteiger charge is 2.27. The number of hydrogen-bond acceptors (Lipinski definition) is 3. The van der Waals surface area contributed by atoms with Crippen molar-refractivity contribution >= 4 is 5.91 Å². The predicted molar refractivity (Wildman–Crippen MR) is 75.5 cm³/mol. The van der Waals surface area contributed by atoms with Gasteiger partial charge in [0.15, 0.2) is 6.39 Å². The molecule has 1 aliphatic heterocycles. The number of fused-ring (bicyclic) bond motifs is 1. The maximum absolute atomic E-state index is 12.6. The van der Waals surface area contributed by atoms with Gasteiger partial charge in [-0.15, -0.1) is 0 Å². The second kappa shape index (κ2) is 5.12. The van der Waals surface area contributed by atoms with Crippen molar-refractivity contribution in [3.63, 3.8) is 0 Å². The van der Waals surface area contributed by atoms with Gasteiger partial charge in [0.05, 0.1) is 5.69 Å². The van der Waals surface area contributed by atoms with E-state index in [9.17, 15) is 4.79 Å². The van der Waals surface area contributed by atoms with Crippen LogP contribution in [-0.2, 0) is 13.0 Å². The molecule has 0 N–H and O–H groups in total. The fourth-order valence-corrected chi connectivity index (χ4v) is 2.64. The molecule has 0 unspecified atom stereocenters. The molecule has 3 rings (SSSR count). The fourth-order valence-electron chi connectivity index (χ4n) is 2.64. The van der Waals surface area contributed by atoms with E-state index >= 15 is 0 Å². The predicted octanol–water partition coefficient (Wildman–Crippen LogP) is 3.00. The first kappa shape index (κ1) is 12.9. The van der Waals surface area contributed by atoms with Crippen LogP contribution in [0.3, 0.4) is 0 Å². The van der Waals surface area contributed by atoms with Gasteiger partial charge in [0.1, 0.15) is 0 Å². The van der Waals surface area contributed by atoms with Crippen LogP contribution >= 0.6 is 0 Å². The van der Waals surface area contributed by atoms with Crippen molar-refractivity contribution in [3.05, 3.63) is 53.2 Å². The molecule has 2 heterocycles. The number of benzene rings is 1. The summed E-state index contributed by atoms with van der Waals surface area (Å²) in [7, 11) is 0. The van der Waals surface area contributed by atoms with E-state index in [-0.39, 0.29) is 11.8 Å². The van der Waals surface area contributed by atoms with Crippen LogP contribution < -0.4 is 0 Å². The molecule has 1 aromatic heterocycles. The molecule has 2 aromatic rings. The van der Waals surface area contributed by atoms with E-state index in [4.69, 9.17) is 4.42 Å². The van der Waals surface area contributed by atoms with E-state index in [1.54, 1.807) is 0 Å². The number of aromatic nitrogens is 1. The lowest BCUT2D eigenvalue weighted by molar-refractivity contribution is 0.0700. The number of amides is 1. The number of carbonyl (C=O) groups is 1. The minimum absolute atomic E-state index is 0.0549. The Morgan fingerprint density at radius 3 is 2.80 bits per heavy atom. The lowest BCUT2D eigenvalue weighted by atomic mass is 9.99. The molecule has 0 bridgehead atoms. The average Bonchev–Trinajstić information content (AvgIpc) is 2.95. The first-order valence-electron chi connectivity index (χ1n) is 6.96. The van der Waals surface area contributed by atoms with Crippen molar-refractivity contribution in [2.45, 2.75) is 32.7 Å². The number of nitrogens with zero attached hydrogens (tertiary/aromatic N) is 2. The number of rotatable bonds is 2. The summed E-state index contributed by atoms with van der Waals surface area (Å²) in [4.78, 5) is 18.6. The topological polar surface area (TPSA) is 46.3 Å². The lowest BCUT2D eigenvalue weighted by Gasteiger charge is -2.28. The van der Waals surface area contributed by atoms with Gasteiger partial charge in [-0.3, -0.25) is 4.79 Å². The van der Waals surface area contributed by atoms with Gasteiger partial charge in [-0.25, -0.2) is 4.98 Å². The number of hydrogen-bond donors (Lipinski definition) is 0. The Hall–Kier alpha value is -2.10. The Morgan fingerprint density at radius 2 is 2.05 bits per heavy atom. The van der Waals surface area contributed by atoms with E-state index in [2.05, 4.69) is 17.1 Å². The largest absolute Gasteiger partial charge is 0.438 e. The van der Waals surface area contributed by atoms with Crippen molar-refractivity contribution in [2.24, 2.45) is 0 Å². The van der Waals surface area contributed by atoms with Crippen LogP contribution in [0, 0.1) is 0 Å². The van der Waals surface area contributed by atoms with Crippen LogP contribution in [0.1, 0.15) is 47.1 Å². The maximum Gasteiger partial charge on any atom is 0.291 e. The third-order valence-corrected chi connectivity index (χ3v) is 3.75. The smallest absolute Gasteiger partial charge is 0.291 e. The Morgan fingerprint density at radius 1 is 1.30 bits per heavy atom. The van der Waals surface area contributed by atoms with Crippen molar-refractivity contribution in [1.82, 2.24) is 9.88 Å². The normalized spacial score (nSPS) is 14.4. The van der Waals surface area contributed by atoms with Crippen molar-refractivity contribution < 1.29 is 9.21 Å². The molecule has 0 saturated carbocycles. The van der Waals surface area contributed by atoms with Gasteiger partial charge in [-0.1, -0.05) is 38.1 Å². The molecular weight excluding hydrogens is 252 g/mol. The Labute approximate surface area is 118 Å². The quantitative estimate of drug-likeness (QED) is 0.842. The molecule has 0 spiro atoms. The van der Waals surface area contributed by atoms with Gasteiger partial charge < -0.3 is 9.32 Å². The lowest BCUT2D eigenvalue weighted by Crippen LogP contribution is -2.36. The van der Waals surface area contributed by atoms with Crippen molar-refractivity contribution in [3.8, 4) is 0 Å². The second-order valence-electron chi connectivity index (χ2n) is 5.47. The molecular formula is C16H18N2O2. The van der Waals surface area contributed by atoms with E-state index in [1.807, 2.05) is 30.9 Å². The third kappa shape index (κ3) is 2.22. The summed E-state index contributed by atoms with van der Waals surface area (Å²) in [5, 5.41) is 0. The standard InChI is InChI=1S/C16H18N2O2/c1-11(2)14-15(20-10-17-14)16(19)18-8-7-12-5-3-4-6-13(12)9-18/h3-6,10-11H,7-9H2,1-2H3. The van der Waals surface area contributed by atoms with Gasteiger partial charge >= 0.3 is 0 Å². The maximum atomic E-state index is 12.6. The second-order valence-corrected chi connectivity index (χ2v) is 5.47. The molecule has 0 radical (unpaired) electrons. The summed E-state index contributed by atoms with van der Waals surface area (Å²) in [6.45, 7) is 5.40. The van der Waals surface area contributed by atoms with Crippen LogP contribution in [0.2, 0.25) is 0 Å². The molecule has 4 nitrogen and oxygen atoms in total. The Kier molecular flexibility index (Phi) is 3.30. The monoisotopic (exact) mass is 270 g/mol. The summed E-state index contributed by atoms with van der Waals surface area (Å²) in [6, 6.07) is 8.27. The molecule has 0 aliphatic carbocycles. The van der Waals surface area contributed by atoms with Gasteiger partial charge in [0.25, 0.3) is 5.91 Å². The van der Waals surface area contributed by atoms with Crippen LogP contribution in [0.5, 0.6) is 0 Å². The average molecular weight is 270 g/mol. The number of oxazole rings is 1. The Balaban J connectivity index is 1.84. The SMILES string of the molecule is CC(C)c1ncoc1C(=O)N1CCc2ccccc2C1. The van der Waals surface area contributed by atoms with Crippen LogP contribution in [0.25, 0.3) is 0 Å². The zero-order chi connectivity index (χ0) is 14.1. The Bertz CT molecular complexity index is 631. The molecule has 0 saturated heterocycles. The highest BCUT2D eigenvalue weighted by atomic mass is 16.3. The van der Waals surface area contributed by atoms with Gasteiger partial charge in [-0.05, 0) is 23.5 Å². The third-order valence-electron chi connectivity index (χ3n) is 3.75. The summed E-state index contributed by atoms with van der Waals surface area (Å²) in [5.74, 6) is 0.518. The summed E-state index contributed by atoms with van der Waals surface area (Å²) < 4.78 is 5.33. The molecule has 0 fully saturated rings. The molecule has 1 amide bonds. The van der Waals surface area contributed by atoms with Crippen molar-refractivity contribution in [1.29, 1.82) is 0 Å². The van der Waals surface area contributed by atoms with Gasteiger partial charge in [0.2, 0.25) is 5.76 Å². The van der Waals surface area contributed by atoms with Crippen LogP contribution in [0.4, 0.5) is 0 Å². The highest BCUT2D eigenvalue weighted by Crippen LogP contribution is 2.23. The summed E-state index contributed by atoms with van der Waals surface area (Å²) >= 11 is 0. The minimum atomic E-state index is -0.0549. The first-order valence-corrected chi connectivity index (χ1v) is 6.96. The van der Waals surface area contributed by atoms with Gasteiger partial charge in [0, 0.05) is 13.1 Å². The fraction of sp³-hybridized carbons (Fsp3) is 0.375. The summed E-state index contributed by atoms with van der Waals surface area (Å²) in [6.07, 6.45) is 2.26. The van der Waals surface area contributed by atoms with E-state index in [1.165, 1.54) is 17.5 Å². The molecule has 0 atom stereocenters. The van der Waals surface area contributed by atoms with Crippen molar-refractivity contribution in [2.75, 3.05) is 6.54 Å². The van der Waals surface area contributed by atoms with Crippen LogP contribution in [-0.4, -0.2) is 22.3 Å². The molecule has 1 aromatic carbocycles. The zero-order valence-electron chi connectivity index (χ0n) is 11.8. The first-order chi connectivity index (χ1) is 9.66. The highest BCUT2D eigenvalue weighted by molar-refractivity contribution is 5.92. The molecule has 1 aliphatic rings. The van der Waals surface area contributed by atoms with Gasteiger partial charge in [-0.2, -0.15) is 0 Å². The van der Waals surface area contributed by atoms with E-state index < -0.39 is 0 Å². The molecule has 104 valence electrons. The van der Waals surface area contributed by atoms with E-state index in [0.29, 0.717) is 12.3 Å². The minimum Gasteiger partial charge on any atom is -0.438 e. The summed E-state index contributed by atoms with van der Waals surface area (Å²) in [5.41, 5.74) is 3.30. The van der Waals surface area contributed by atoms with Crippen LogP contribution in [0.15, 0.2) is 35.1 Å².